The maximum absolute atomic E-state index is 10.4. The molecule has 0 aliphatic carbocycles. The third-order valence-corrected chi connectivity index (χ3v) is 12.3. The number of hydrogen-bond donors (Lipinski definition) is 0. The van der Waals surface area contributed by atoms with E-state index in [2.05, 4.69) is 43.2 Å². The van der Waals surface area contributed by atoms with Gasteiger partial charge in [0, 0.05) is 0 Å². The molecule has 0 saturated heterocycles. The molecule has 66 heavy (non-hydrogen) atoms. The van der Waals surface area contributed by atoms with Gasteiger partial charge in [0.05, 0.1) is 91.6 Å². The summed E-state index contributed by atoms with van der Waals surface area (Å²) in [6.45, 7) is 13.0. The molecule has 11 nitrogen and oxygen atoms in total. The second-order valence-corrected chi connectivity index (χ2v) is 18.9. The van der Waals surface area contributed by atoms with E-state index in [-0.39, 0.29) is 8.46 Å². The number of unbranched alkanes of at least 4 members (excludes halogenated alkanes) is 27. The zero-order chi connectivity index (χ0) is 47.1. The van der Waals surface area contributed by atoms with Crippen molar-refractivity contribution in [1.82, 2.24) is 15.0 Å². The van der Waals surface area contributed by atoms with Crippen molar-refractivity contribution in [1.29, 1.82) is 0 Å². The summed E-state index contributed by atoms with van der Waals surface area (Å²) in [6, 6.07) is 4.25. The smallest absolute Gasteiger partial charge is 0.203 e. The van der Waals surface area contributed by atoms with E-state index in [4.69, 9.17) is 33.2 Å². The Labute approximate surface area is 405 Å². The third kappa shape index (κ3) is 34.9. The van der Waals surface area contributed by atoms with Crippen LogP contribution in [0.15, 0.2) is 18.3 Å². The van der Waals surface area contributed by atoms with Crippen molar-refractivity contribution in [3.8, 4) is 17.2 Å². The molecule has 0 aliphatic heterocycles. The molecule has 1 aromatic carbocycles. The van der Waals surface area contributed by atoms with E-state index < -0.39 is 0 Å². The summed E-state index contributed by atoms with van der Waals surface area (Å²) in [4.78, 5) is 0. The number of hydrogen-bond acceptors (Lipinski definition) is 10. The van der Waals surface area contributed by atoms with Crippen LogP contribution in [-0.2, 0) is 36.7 Å². The van der Waals surface area contributed by atoms with Crippen molar-refractivity contribution in [3.63, 3.8) is 0 Å². The van der Waals surface area contributed by atoms with Crippen molar-refractivity contribution in [2.24, 2.45) is 0 Å². The maximum atomic E-state index is 10.4. The zero-order valence-electron chi connectivity index (χ0n) is 42.7. The van der Waals surface area contributed by atoms with Crippen LogP contribution in [0, 0.1) is 0 Å². The predicted octanol–water partition coefficient (Wildman–Crippen LogP) is 15.1. The van der Waals surface area contributed by atoms with Gasteiger partial charge < -0.3 is 33.2 Å². The minimum atomic E-state index is 0.107. The summed E-state index contributed by atoms with van der Waals surface area (Å²) in [5.41, 5.74) is 1.81. The number of rotatable bonds is 52. The van der Waals surface area contributed by atoms with Gasteiger partial charge in [-0.15, -0.1) is 5.10 Å². The van der Waals surface area contributed by atoms with Gasteiger partial charge in [-0.3, -0.25) is 4.57 Å². The molecule has 0 bridgehead atoms. The first kappa shape index (κ1) is 59.8. The molecule has 0 aliphatic rings. The molecule has 0 fully saturated rings. The van der Waals surface area contributed by atoms with Gasteiger partial charge in [-0.05, 0) is 37.0 Å². The summed E-state index contributed by atoms with van der Waals surface area (Å²) in [5.74, 6) is 2.29. The predicted molar refractivity (Wildman–Crippen MR) is 272 cm³/mol. The van der Waals surface area contributed by atoms with Crippen LogP contribution in [0.4, 0.5) is 0 Å². The topological polar surface area (TPSA) is 112 Å². The molecule has 382 valence electrons. The first-order valence-corrected chi connectivity index (χ1v) is 28.3. The van der Waals surface area contributed by atoms with Gasteiger partial charge in [0.25, 0.3) is 0 Å². The lowest BCUT2D eigenvalue weighted by molar-refractivity contribution is -0.00305. The summed E-state index contributed by atoms with van der Waals surface area (Å²) in [6.07, 6.45) is 41.2. The fourth-order valence-corrected chi connectivity index (χ4v) is 8.20. The molecule has 2 rings (SSSR count). The Hall–Kier alpha value is -2.30. The highest BCUT2D eigenvalue weighted by Gasteiger charge is 2.17. The fraction of sp³-hybridized carbons (Fsp3) is 0.852. The van der Waals surface area contributed by atoms with E-state index in [1.165, 1.54) is 173 Å². The monoisotopic (exact) mass is 948 g/mol. The standard InChI is InChI=1S/C54H98N3O8P/c1-4-7-10-13-16-19-22-25-28-31-34-63-52-45-50(47-57-48-51(55-56-57)49-62-42-41-60-38-37-59-39-40-61-43-44-66-58)46-53(64-35-32-29-26-23-20-17-14-11-8-5-2)54(52)65-36-33-30-27-24-21-18-15-12-9-6-3/h45-46,48H,4-44,47,49H2,1-3H3. The lowest BCUT2D eigenvalue weighted by Crippen LogP contribution is -2.12. The van der Waals surface area contributed by atoms with Crippen LogP contribution >= 0.6 is 8.46 Å². The van der Waals surface area contributed by atoms with Gasteiger partial charge in [0.2, 0.25) is 5.75 Å². The molecule has 0 unspecified atom stereocenters. The molecular weight excluding hydrogens is 850 g/mol. The highest BCUT2D eigenvalue weighted by molar-refractivity contribution is 7.23. The third-order valence-electron chi connectivity index (χ3n) is 12.0. The number of ether oxygens (including phenoxy) is 7. The molecule has 0 saturated carbocycles. The van der Waals surface area contributed by atoms with E-state index in [9.17, 15) is 4.57 Å². The minimum Gasteiger partial charge on any atom is -0.490 e. The minimum absolute atomic E-state index is 0.107. The number of benzene rings is 1. The average molecular weight is 948 g/mol. The summed E-state index contributed by atoms with van der Waals surface area (Å²) in [7, 11) is 0.107. The van der Waals surface area contributed by atoms with Crippen LogP contribution in [-0.4, -0.2) is 87.2 Å². The summed E-state index contributed by atoms with van der Waals surface area (Å²) in [5, 5.41) is 8.84. The van der Waals surface area contributed by atoms with Gasteiger partial charge in [-0.1, -0.05) is 199 Å². The fourth-order valence-electron chi connectivity index (χ4n) is 7.99. The van der Waals surface area contributed by atoms with Crippen molar-refractivity contribution in [2.75, 3.05) is 72.2 Å². The Kier molecular flexibility index (Phi) is 42.1. The summed E-state index contributed by atoms with van der Waals surface area (Å²) >= 11 is 0. The molecule has 0 atom stereocenters. The Bertz CT molecular complexity index is 1300. The van der Waals surface area contributed by atoms with Crippen molar-refractivity contribution >= 4 is 8.46 Å². The highest BCUT2D eigenvalue weighted by Crippen LogP contribution is 2.40. The van der Waals surface area contributed by atoms with Gasteiger partial charge in [-0.2, -0.15) is 0 Å². The summed E-state index contributed by atoms with van der Waals surface area (Å²) < 4.78 is 54.4. The van der Waals surface area contributed by atoms with Gasteiger partial charge in [0.15, 0.2) is 20.0 Å². The quantitative estimate of drug-likeness (QED) is 0.0469. The zero-order valence-corrected chi connectivity index (χ0v) is 43.6. The van der Waals surface area contributed by atoms with E-state index in [0.717, 1.165) is 47.8 Å². The second-order valence-electron chi connectivity index (χ2n) is 18.2. The Morgan fingerprint density at radius 3 is 1.21 bits per heavy atom. The molecule has 0 amide bonds. The molecule has 12 heteroatoms. The Balaban J connectivity index is 2.01. The van der Waals surface area contributed by atoms with Crippen LogP contribution in [0.25, 0.3) is 0 Å². The highest BCUT2D eigenvalue weighted by atomic mass is 31.1. The van der Waals surface area contributed by atoms with E-state index in [0.29, 0.717) is 85.4 Å². The van der Waals surface area contributed by atoms with E-state index in [1.54, 1.807) is 0 Å². The van der Waals surface area contributed by atoms with Crippen molar-refractivity contribution < 1.29 is 37.7 Å². The largest absolute Gasteiger partial charge is 0.490 e. The van der Waals surface area contributed by atoms with E-state index in [1.807, 2.05) is 10.9 Å². The SMILES string of the molecule is CCCCCCCCCCCCOc1cc(Cn2cc(COCCOCCOCCOCCP=O)nn2)cc(OCCCCCCCCCCCC)c1OCCCCCCCCCCCC. The van der Waals surface area contributed by atoms with Crippen LogP contribution < -0.4 is 14.2 Å². The van der Waals surface area contributed by atoms with E-state index >= 15 is 0 Å². The lowest BCUT2D eigenvalue weighted by atomic mass is 10.1. The Morgan fingerprint density at radius 1 is 0.439 bits per heavy atom. The molecular formula is C54H98N3O8P. The number of nitrogens with zero attached hydrogens (tertiary/aromatic N) is 3. The molecule has 1 heterocycles. The van der Waals surface area contributed by atoms with Crippen LogP contribution in [0.3, 0.4) is 0 Å². The lowest BCUT2D eigenvalue weighted by Gasteiger charge is -2.19. The number of aromatic nitrogens is 3. The van der Waals surface area contributed by atoms with Gasteiger partial charge in [-0.25, -0.2) is 4.68 Å². The molecule has 1 aromatic heterocycles. The van der Waals surface area contributed by atoms with Crippen LogP contribution in [0.1, 0.15) is 225 Å². The van der Waals surface area contributed by atoms with Crippen molar-refractivity contribution in [2.45, 2.75) is 227 Å². The maximum Gasteiger partial charge on any atom is 0.203 e. The van der Waals surface area contributed by atoms with Crippen LogP contribution in [0.5, 0.6) is 17.2 Å². The first-order valence-electron chi connectivity index (χ1n) is 27.3. The molecule has 0 spiro atoms. The first-order chi connectivity index (χ1) is 32.7. The normalized spacial score (nSPS) is 11.6. The van der Waals surface area contributed by atoms with Gasteiger partial charge >= 0.3 is 0 Å². The van der Waals surface area contributed by atoms with Crippen LogP contribution in [0.2, 0.25) is 0 Å². The molecule has 0 radical (unpaired) electrons. The van der Waals surface area contributed by atoms with Crippen molar-refractivity contribution in [3.05, 3.63) is 29.6 Å². The molecule has 2 aromatic rings. The second kappa shape index (κ2) is 46.4. The van der Waals surface area contributed by atoms with Gasteiger partial charge in [0.1, 0.15) is 5.69 Å². The molecule has 0 N–H and O–H groups in total. The average Bonchev–Trinajstić information content (AvgIpc) is 3.77. The Morgan fingerprint density at radius 2 is 0.803 bits per heavy atom.